The van der Waals surface area contributed by atoms with Crippen molar-refractivity contribution in [1.29, 1.82) is 0 Å². The summed E-state index contributed by atoms with van der Waals surface area (Å²) < 4.78 is 10.8. The molecule has 0 unspecified atom stereocenters. The molecule has 0 saturated heterocycles. The Balaban J connectivity index is 2.22. The maximum absolute atomic E-state index is 12.8. The normalized spacial score (nSPS) is 10.9. The van der Waals surface area contributed by atoms with Crippen molar-refractivity contribution in [2.75, 3.05) is 7.11 Å². The molecular formula is C22H22O4. The zero-order valence-corrected chi connectivity index (χ0v) is 15.4. The molecule has 4 nitrogen and oxygen atoms in total. The first-order valence-electron chi connectivity index (χ1n) is 8.45. The van der Waals surface area contributed by atoms with Crippen LogP contribution in [-0.2, 0) is 11.3 Å². The Morgan fingerprint density at radius 2 is 1.62 bits per heavy atom. The van der Waals surface area contributed by atoms with Gasteiger partial charge in [-0.3, -0.25) is 0 Å². The maximum atomic E-state index is 12.8. The molecule has 3 rings (SSSR count). The molecule has 2 aromatic carbocycles. The predicted octanol–water partition coefficient (Wildman–Crippen LogP) is 4.75. The first-order chi connectivity index (χ1) is 12.4. The molecule has 0 saturated carbocycles. The second-order valence-electron chi connectivity index (χ2n) is 6.47. The van der Waals surface area contributed by atoms with Crippen LogP contribution < -0.4 is 5.63 Å². The molecule has 26 heavy (non-hydrogen) atoms. The number of rotatable bonds is 4. The molecule has 1 aromatic heterocycles. The van der Waals surface area contributed by atoms with Gasteiger partial charge < -0.3 is 14.3 Å². The second-order valence-corrected chi connectivity index (χ2v) is 6.47. The van der Waals surface area contributed by atoms with E-state index >= 15 is 0 Å². The smallest absolute Gasteiger partial charge is 0.348 e. The standard InChI is InChI=1S/C22H22O4/c1-13-10-16(12-25-4)11-14(2)18(13)19-20(23)15(3)21(26-22(19)24)17-8-6-5-7-9-17/h5-11,23H,12H2,1-4H3. The summed E-state index contributed by atoms with van der Waals surface area (Å²) in [7, 11) is 1.64. The fourth-order valence-electron chi connectivity index (χ4n) is 3.39. The van der Waals surface area contributed by atoms with Gasteiger partial charge in [0.25, 0.3) is 0 Å². The van der Waals surface area contributed by atoms with E-state index in [1.165, 1.54) is 0 Å². The van der Waals surface area contributed by atoms with Gasteiger partial charge in [0.15, 0.2) is 0 Å². The molecule has 0 aliphatic rings. The molecule has 0 amide bonds. The zero-order chi connectivity index (χ0) is 18.8. The van der Waals surface area contributed by atoms with Gasteiger partial charge in [0, 0.05) is 18.2 Å². The van der Waals surface area contributed by atoms with Gasteiger partial charge in [-0.25, -0.2) is 4.79 Å². The van der Waals surface area contributed by atoms with Gasteiger partial charge in [-0.05, 0) is 43.0 Å². The predicted molar refractivity (Wildman–Crippen MR) is 102 cm³/mol. The van der Waals surface area contributed by atoms with Gasteiger partial charge in [-0.15, -0.1) is 0 Å². The van der Waals surface area contributed by atoms with E-state index in [0.717, 1.165) is 22.3 Å². The summed E-state index contributed by atoms with van der Waals surface area (Å²) in [6.45, 7) is 6.09. The molecule has 0 bridgehead atoms. The zero-order valence-electron chi connectivity index (χ0n) is 15.4. The van der Waals surface area contributed by atoms with Gasteiger partial charge in [0.2, 0.25) is 0 Å². The summed E-state index contributed by atoms with van der Waals surface area (Å²) >= 11 is 0. The van der Waals surface area contributed by atoms with E-state index in [1.54, 1.807) is 14.0 Å². The largest absolute Gasteiger partial charge is 0.507 e. The van der Waals surface area contributed by atoms with Gasteiger partial charge in [-0.2, -0.15) is 0 Å². The summed E-state index contributed by atoms with van der Waals surface area (Å²) in [4.78, 5) is 12.8. The number of aromatic hydroxyl groups is 1. The van der Waals surface area contributed by atoms with E-state index in [-0.39, 0.29) is 11.3 Å². The minimum atomic E-state index is -0.544. The SMILES string of the molecule is COCc1cc(C)c(-c2c(O)c(C)c(-c3ccccc3)oc2=O)c(C)c1. The molecule has 1 N–H and O–H groups in total. The molecule has 0 radical (unpaired) electrons. The highest BCUT2D eigenvalue weighted by atomic mass is 16.5. The van der Waals surface area contributed by atoms with Crippen LogP contribution in [0.4, 0.5) is 0 Å². The topological polar surface area (TPSA) is 59.7 Å². The molecule has 0 atom stereocenters. The van der Waals surface area contributed by atoms with Crippen molar-refractivity contribution in [3.05, 3.63) is 75.1 Å². The van der Waals surface area contributed by atoms with Crippen LogP contribution in [0.5, 0.6) is 5.75 Å². The van der Waals surface area contributed by atoms with Crippen LogP contribution in [0.3, 0.4) is 0 Å². The minimum Gasteiger partial charge on any atom is -0.507 e. The molecule has 0 fully saturated rings. The number of aryl methyl sites for hydroxylation is 2. The number of methoxy groups -OCH3 is 1. The van der Waals surface area contributed by atoms with Crippen molar-refractivity contribution in [3.63, 3.8) is 0 Å². The first kappa shape index (κ1) is 18.0. The van der Waals surface area contributed by atoms with E-state index in [1.807, 2.05) is 56.3 Å². The molecule has 1 heterocycles. The fourth-order valence-corrected chi connectivity index (χ4v) is 3.39. The third kappa shape index (κ3) is 3.16. The second kappa shape index (κ2) is 7.18. The highest BCUT2D eigenvalue weighted by molar-refractivity contribution is 5.79. The first-order valence-corrected chi connectivity index (χ1v) is 8.45. The Hall–Kier alpha value is -2.85. The Morgan fingerprint density at radius 3 is 2.19 bits per heavy atom. The van der Waals surface area contributed by atoms with Crippen LogP contribution in [-0.4, -0.2) is 12.2 Å². The van der Waals surface area contributed by atoms with Crippen molar-refractivity contribution < 1.29 is 14.3 Å². The average molecular weight is 350 g/mol. The highest BCUT2D eigenvalue weighted by Gasteiger charge is 2.21. The van der Waals surface area contributed by atoms with Crippen LogP contribution in [0, 0.1) is 20.8 Å². The molecule has 134 valence electrons. The van der Waals surface area contributed by atoms with Crippen molar-refractivity contribution in [1.82, 2.24) is 0 Å². The molecular weight excluding hydrogens is 328 g/mol. The van der Waals surface area contributed by atoms with Crippen molar-refractivity contribution >= 4 is 0 Å². The monoisotopic (exact) mass is 350 g/mol. The lowest BCUT2D eigenvalue weighted by molar-refractivity contribution is 0.185. The minimum absolute atomic E-state index is 0.0363. The summed E-state index contributed by atoms with van der Waals surface area (Å²) in [6.07, 6.45) is 0. The van der Waals surface area contributed by atoms with Gasteiger partial charge >= 0.3 is 5.63 Å². The molecule has 0 aliphatic carbocycles. The van der Waals surface area contributed by atoms with Crippen LogP contribution in [0.25, 0.3) is 22.5 Å². The van der Waals surface area contributed by atoms with Crippen LogP contribution in [0.1, 0.15) is 22.3 Å². The molecule has 4 heteroatoms. The summed E-state index contributed by atoms with van der Waals surface area (Å²) in [5, 5.41) is 10.8. The Morgan fingerprint density at radius 1 is 1.00 bits per heavy atom. The van der Waals surface area contributed by atoms with E-state index in [9.17, 15) is 9.90 Å². The lowest BCUT2D eigenvalue weighted by Crippen LogP contribution is -2.08. The van der Waals surface area contributed by atoms with Crippen molar-refractivity contribution in [3.8, 4) is 28.2 Å². The Labute approximate surface area is 152 Å². The maximum Gasteiger partial charge on any atom is 0.348 e. The quantitative estimate of drug-likeness (QED) is 0.737. The number of ether oxygens (including phenoxy) is 1. The fraction of sp³-hybridized carbons (Fsp3) is 0.227. The lowest BCUT2D eigenvalue weighted by Gasteiger charge is -2.15. The van der Waals surface area contributed by atoms with E-state index in [4.69, 9.17) is 9.15 Å². The van der Waals surface area contributed by atoms with E-state index in [2.05, 4.69) is 0 Å². The molecule has 0 spiro atoms. The number of benzene rings is 2. The van der Waals surface area contributed by atoms with Crippen LogP contribution in [0.2, 0.25) is 0 Å². The third-order valence-corrected chi connectivity index (χ3v) is 4.52. The summed E-state index contributed by atoms with van der Waals surface area (Å²) in [5.41, 5.74) is 4.49. The number of hydrogen-bond acceptors (Lipinski definition) is 4. The Kier molecular flexibility index (Phi) is 4.96. The van der Waals surface area contributed by atoms with Gasteiger partial charge in [0.05, 0.1) is 6.61 Å². The molecule has 3 aromatic rings. The number of hydrogen-bond donors (Lipinski definition) is 1. The van der Waals surface area contributed by atoms with Gasteiger partial charge in [0.1, 0.15) is 17.1 Å². The average Bonchev–Trinajstić information content (AvgIpc) is 2.61. The van der Waals surface area contributed by atoms with Gasteiger partial charge in [-0.1, -0.05) is 42.5 Å². The van der Waals surface area contributed by atoms with E-state index < -0.39 is 5.63 Å². The van der Waals surface area contributed by atoms with Crippen LogP contribution >= 0.6 is 0 Å². The van der Waals surface area contributed by atoms with Crippen molar-refractivity contribution in [2.45, 2.75) is 27.4 Å². The Bertz CT molecular complexity index is 978. The highest BCUT2D eigenvalue weighted by Crippen LogP contribution is 2.38. The molecule has 0 aliphatic heterocycles. The third-order valence-electron chi connectivity index (χ3n) is 4.52. The van der Waals surface area contributed by atoms with Crippen molar-refractivity contribution in [2.24, 2.45) is 0 Å². The van der Waals surface area contributed by atoms with E-state index in [0.29, 0.717) is 23.5 Å². The van der Waals surface area contributed by atoms with Crippen LogP contribution in [0.15, 0.2) is 51.7 Å². The summed E-state index contributed by atoms with van der Waals surface area (Å²) in [5.74, 6) is 0.356. The lowest BCUT2D eigenvalue weighted by atomic mass is 9.92. The summed E-state index contributed by atoms with van der Waals surface area (Å²) in [6, 6.07) is 13.2.